The van der Waals surface area contributed by atoms with E-state index in [0.717, 1.165) is 0 Å². The van der Waals surface area contributed by atoms with Gasteiger partial charge in [0.25, 0.3) is 0 Å². The minimum absolute atomic E-state index is 0.0880. The lowest BCUT2D eigenvalue weighted by atomic mass is 9.96. The predicted octanol–water partition coefficient (Wildman–Crippen LogP) is 1.43. The Morgan fingerprint density at radius 2 is 1.94 bits per heavy atom. The summed E-state index contributed by atoms with van der Waals surface area (Å²) in [6.07, 6.45) is -0.374. The molecule has 1 aromatic rings. The zero-order valence-electron chi connectivity index (χ0n) is 10.7. The number of hydrogen-bond donors (Lipinski definition) is 2. The summed E-state index contributed by atoms with van der Waals surface area (Å²) >= 11 is 0. The van der Waals surface area contributed by atoms with Crippen LogP contribution in [-0.4, -0.2) is 16.3 Å². The summed E-state index contributed by atoms with van der Waals surface area (Å²) in [5, 5.41) is 19.4. The van der Waals surface area contributed by atoms with E-state index in [2.05, 4.69) is 0 Å². The zero-order valence-corrected chi connectivity index (χ0v) is 10.7. The first-order valence-electron chi connectivity index (χ1n) is 5.79. The fourth-order valence-corrected chi connectivity index (χ4v) is 1.51. The quantitative estimate of drug-likeness (QED) is 0.835. The molecule has 0 saturated heterocycles. The molecule has 0 aromatic carbocycles. The van der Waals surface area contributed by atoms with Gasteiger partial charge in [0.1, 0.15) is 11.4 Å². The van der Waals surface area contributed by atoms with Crippen molar-refractivity contribution in [1.82, 2.24) is 0 Å². The predicted molar refractivity (Wildman–Crippen MR) is 64.8 cm³/mol. The van der Waals surface area contributed by atoms with Gasteiger partial charge in [-0.15, -0.1) is 0 Å². The Morgan fingerprint density at radius 1 is 1.35 bits per heavy atom. The molecular formula is C13H20O4. The van der Waals surface area contributed by atoms with E-state index >= 15 is 0 Å². The standard InChI is InChI=1S/C13H20O4/c1-8(2)7-10-5-6-11(17-12(10)15)13(4,16)9(3)14/h5-6,8-9,14,16H,7H2,1-4H3. The number of aliphatic hydroxyl groups excluding tert-OH is 1. The molecule has 0 amide bonds. The van der Waals surface area contributed by atoms with Crippen LogP contribution in [-0.2, 0) is 12.0 Å². The summed E-state index contributed by atoms with van der Waals surface area (Å²) in [6, 6.07) is 3.20. The van der Waals surface area contributed by atoms with Crippen molar-refractivity contribution in [1.29, 1.82) is 0 Å². The Labute approximate surface area is 101 Å². The van der Waals surface area contributed by atoms with Gasteiger partial charge in [-0.1, -0.05) is 13.8 Å². The van der Waals surface area contributed by atoms with E-state index in [1.807, 2.05) is 13.8 Å². The minimum Gasteiger partial charge on any atom is -0.424 e. The first-order valence-corrected chi connectivity index (χ1v) is 5.79. The Hall–Kier alpha value is -1.13. The molecule has 0 aliphatic heterocycles. The average Bonchev–Trinajstić information content (AvgIpc) is 2.20. The van der Waals surface area contributed by atoms with Crippen LogP contribution >= 0.6 is 0 Å². The second-order valence-corrected chi connectivity index (χ2v) is 5.03. The van der Waals surface area contributed by atoms with Crippen molar-refractivity contribution in [2.24, 2.45) is 5.92 Å². The van der Waals surface area contributed by atoms with E-state index in [1.54, 1.807) is 12.1 Å². The maximum atomic E-state index is 11.7. The van der Waals surface area contributed by atoms with Crippen LogP contribution in [0.4, 0.5) is 0 Å². The molecule has 0 radical (unpaired) electrons. The Kier molecular flexibility index (Phi) is 4.11. The van der Waals surface area contributed by atoms with Crippen molar-refractivity contribution in [2.45, 2.75) is 45.8 Å². The third-order valence-corrected chi connectivity index (χ3v) is 2.84. The maximum absolute atomic E-state index is 11.7. The van der Waals surface area contributed by atoms with Crippen molar-refractivity contribution in [2.75, 3.05) is 0 Å². The van der Waals surface area contributed by atoms with Crippen molar-refractivity contribution in [3.05, 3.63) is 33.9 Å². The third kappa shape index (κ3) is 3.17. The molecule has 0 saturated carbocycles. The third-order valence-electron chi connectivity index (χ3n) is 2.84. The molecule has 1 heterocycles. The van der Waals surface area contributed by atoms with Crippen molar-refractivity contribution in [3.8, 4) is 0 Å². The maximum Gasteiger partial charge on any atom is 0.339 e. The molecule has 0 aliphatic carbocycles. The van der Waals surface area contributed by atoms with Gasteiger partial charge in [0.15, 0.2) is 0 Å². The van der Waals surface area contributed by atoms with E-state index < -0.39 is 17.3 Å². The molecule has 0 spiro atoms. The zero-order chi connectivity index (χ0) is 13.2. The first kappa shape index (κ1) is 13.9. The van der Waals surface area contributed by atoms with Crippen LogP contribution in [0.2, 0.25) is 0 Å². The number of rotatable bonds is 4. The molecule has 1 aromatic heterocycles. The Balaban J connectivity index is 3.09. The summed E-state index contributed by atoms with van der Waals surface area (Å²) < 4.78 is 5.07. The summed E-state index contributed by atoms with van der Waals surface area (Å²) in [5.74, 6) is 0.450. The molecule has 0 aliphatic rings. The normalized spacial score (nSPS) is 16.9. The van der Waals surface area contributed by atoms with Crippen molar-refractivity contribution >= 4 is 0 Å². The monoisotopic (exact) mass is 240 g/mol. The summed E-state index contributed by atoms with van der Waals surface area (Å²) in [6.45, 7) is 6.89. The molecule has 0 bridgehead atoms. The molecule has 17 heavy (non-hydrogen) atoms. The van der Waals surface area contributed by atoms with Gasteiger partial charge in [0.2, 0.25) is 0 Å². The van der Waals surface area contributed by atoms with Gasteiger partial charge in [0.05, 0.1) is 6.10 Å². The highest BCUT2D eigenvalue weighted by Gasteiger charge is 2.32. The van der Waals surface area contributed by atoms with Crippen LogP contribution < -0.4 is 5.63 Å². The van der Waals surface area contributed by atoms with E-state index in [9.17, 15) is 15.0 Å². The van der Waals surface area contributed by atoms with E-state index in [-0.39, 0.29) is 5.76 Å². The van der Waals surface area contributed by atoms with Gasteiger partial charge in [0, 0.05) is 5.56 Å². The second kappa shape index (κ2) is 5.02. The van der Waals surface area contributed by atoms with Crippen LogP contribution in [0.1, 0.15) is 39.0 Å². The second-order valence-electron chi connectivity index (χ2n) is 5.03. The van der Waals surface area contributed by atoms with Gasteiger partial charge in [-0.2, -0.15) is 0 Å². The first-order chi connectivity index (χ1) is 7.75. The van der Waals surface area contributed by atoms with Gasteiger partial charge in [-0.3, -0.25) is 0 Å². The fourth-order valence-electron chi connectivity index (χ4n) is 1.51. The van der Waals surface area contributed by atoms with Crippen LogP contribution in [0.5, 0.6) is 0 Å². The molecule has 1 rings (SSSR count). The van der Waals surface area contributed by atoms with E-state index in [1.165, 1.54) is 13.8 Å². The molecular weight excluding hydrogens is 220 g/mol. The van der Waals surface area contributed by atoms with Crippen LogP contribution in [0, 0.1) is 5.92 Å². The van der Waals surface area contributed by atoms with Crippen LogP contribution in [0.15, 0.2) is 21.3 Å². The highest BCUT2D eigenvalue weighted by Crippen LogP contribution is 2.23. The number of hydrogen-bond acceptors (Lipinski definition) is 4. The lowest BCUT2D eigenvalue weighted by molar-refractivity contribution is -0.0726. The van der Waals surface area contributed by atoms with E-state index in [0.29, 0.717) is 17.9 Å². The van der Waals surface area contributed by atoms with Gasteiger partial charge in [-0.05, 0) is 38.3 Å². The molecule has 4 nitrogen and oxygen atoms in total. The largest absolute Gasteiger partial charge is 0.424 e. The molecule has 4 heteroatoms. The van der Waals surface area contributed by atoms with E-state index in [4.69, 9.17) is 4.42 Å². The van der Waals surface area contributed by atoms with Gasteiger partial charge < -0.3 is 14.6 Å². The molecule has 96 valence electrons. The minimum atomic E-state index is -1.55. The number of aliphatic hydroxyl groups is 2. The smallest absolute Gasteiger partial charge is 0.339 e. The summed E-state index contributed by atoms with van der Waals surface area (Å²) in [5.41, 5.74) is -1.41. The summed E-state index contributed by atoms with van der Waals surface area (Å²) in [4.78, 5) is 11.7. The average molecular weight is 240 g/mol. The topological polar surface area (TPSA) is 70.7 Å². The highest BCUT2D eigenvalue weighted by atomic mass is 16.4. The summed E-state index contributed by atoms with van der Waals surface area (Å²) in [7, 11) is 0. The molecule has 2 unspecified atom stereocenters. The fraction of sp³-hybridized carbons (Fsp3) is 0.615. The SMILES string of the molecule is CC(C)Cc1ccc(C(C)(O)C(C)O)oc1=O. The lowest BCUT2D eigenvalue weighted by Gasteiger charge is -2.24. The molecule has 0 fully saturated rings. The lowest BCUT2D eigenvalue weighted by Crippen LogP contribution is -2.35. The van der Waals surface area contributed by atoms with Crippen molar-refractivity contribution in [3.63, 3.8) is 0 Å². The molecule has 2 atom stereocenters. The van der Waals surface area contributed by atoms with Crippen LogP contribution in [0.3, 0.4) is 0 Å². The van der Waals surface area contributed by atoms with Crippen molar-refractivity contribution < 1.29 is 14.6 Å². The van der Waals surface area contributed by atoms with Crippen LogP contribution in [0.25, 0.3) is 0 Å². The van der Waals surface area contributed by atoms with Gasteiger partial charge >= 0.3 is 5.63 Å². The molecule has 2 N–H and O–H groups in total. The highest BCUT2D eigenvalue weighted by molar-refractivity contribution is 5.16. The Morgan fingerprint density at radius 3 is 2.35 bits per heavy atom. The Bertz CT molecular complexity index is 429. The van der Waals surface area contributed by atoms with Gasteiger partial charge in [-0.25, -0.2) is 4.79 Å².